The van der Waals surface area contributed by atoms with Crippen LogP contribution < -0.4 is 11.1 Å². The summed E-state index contributed by atoms with van der Waals surface area (Å²) < 4.78 is 85.7. The van der Waals surface area contributed by atoms with Crippen molar-refractivity contribution in [3.8, 4) is 23.0 Å². The molecular weight excluding hydrogens is 674 g/mol. The van der Waals surface area contributed by atoms with Gasteiger partial charge in [0.2, 0.25) is 0 Å². The molecule has 0 radical (unpaired) electrons. The highest BCUT2D eigenvalue weighted by molar-refractivity contribution is 7.92. The summed E-state index contributed by atoms with van der Waals surface area (Å²) in [6, 6.07) is 7.78. The van der Waals surface area contributed by atoms with Gasteiger partial charge < -0.3 is 15.8 Å². The van der Waals surface area contributed by atoms with Gasteiger partial charge in [0, 0.05) is 23.4 Å². The van der Waals surface area contributed by atoms with Crippen LogP contribution in [-0.2, 0) is 27.5 Å². The lowest BCUT2D eigenvalue weighted by atomic mass is 9.93. The highest BCUT2D eigenvalue weighted by atomic mass is 35.5. The Morgan fingerprint density at radius 1 is 1.06 bits per heavy atom. The molecule has 256 valence electrons. The van der Waals surface area contributed by atoms with Gasteiger partial charge in [0.25, 0.3) is 6.43 Å². The number of halogens is 5. The van der Waals surface area contributed by atoms with Crippen LogP contribution in [0.25, 0.3) is 22.0 Å². The number of nitrogen functional groups attached to an aromatic ring is 1. The summed E-state index contributed by atoms with van der Waals surface area (Å²) in [5.41, 5.74) is 6.20. The molecule has 15 heteroatoms. The number of hydrogen-bond acceptors (Lipinski definition) is 7. The Bertz CT molecular complexity index is 2030. The Hall–Kier alpha value is -4.35. The largest absolute Gasteiger partial charge is 0.444 e. The molecule has 0 aliphatic heterocycles. The molecule has 0 aliphatic carbocycles. The second-order valence-electron chi connectivity index (χ2n) is 12.6. The zero-order valence-electron chi connectivity index (χ0n) is 27.0. The van der Waals surface area contributed by atoms with Crippen molar-refractivity contribution in [2.75, 3.05) is 12.0 Å². The van der Waals surface area contributed by atoms with Gasteiger partial charge in [-0.3, -0.25) is 4.68 Å². The Balaban J connectivity index is 2.04. The number of nitrogens with zero attached hydrogens (tertiary/aromatic N) is 3. The molecule has 2 heterocycles. The number of sulfone groups is 1. The molecule has 0 saturated carbocycles. The van der Waals surface area contributed by atoms with Crippen molar-refractivity contribution in [2.45, 2.75) is 70.4 Å². The first-order chi connectivity index (χ1) is 22.1. The van der Waals surface area contributed by atoms with Crippen LogP contribution in [0.4, 0.5) is 28.2 Å². The minimum absolute atomic E-state index is 0.0812. The number of aromatic nitrogens is 3. The van der Waals surface area contributed by atoms with Crippen LogP contribution in [0, 0.1) is 23.5 Å². The molecule has 0 saturated heterocycles. The van der Waals surface area contributed by atoms with Crippen molar-refractivity contribution < 1.29 is 35.5 Å². The third kappa shape index (κ3) is 8.56. The quantitative estimate of drug-likeness (QED) is 0.151. The highest BCUT2D eigenvalue weighted by Crippen LogP contribution is 2.39. The van der Waals surface area contributed by atoms with Crippen molar-refractivity contribution in [1.29, 1.82) is 0 Å². The summed E-state index contributed by atoms with van der Waals surface area (Å²) in [6.45, 7) is 6.96. The van der Waals surface area contributed by atoms with Crippen LogP contribution in [0.5, 0.6) is 0 Å². The molecule has 4 rings (SSSR count). The summed E-state index contributed by atoms with van der Waals surface area (Å²) in [5.74, 6) is 3.65. The van der Waals surface area contributed by atoms with Gasteiger partial charge >= 0.3 is 6.09 Å². The SMILES string of the molecule is CC(C)(C)OC(=O)N[C@@H](Cc1cc(F)cc(F)c1)c1nc(C#CC(C)(C)S(C)(=O)=O)ccc1-c1ccc(Cl)c2c(N)nn(CC(F)F)c12. The molecule has 0 spiro atoms. The number of anilines is 1. The number of pyridine rings is 1. The average Bonchev–Trinajstić information content (AvgIpc) is 3.25. The minimum Gasteiger partial charge on any atom is -0.444 e. The van der Waals surface area contributed by atoms with Crippen LogP contribution in [0.2, 0.25) is 5.02 Å². The number of carbonyl (C=O) groups is 1. The summed E-state index contributed by atoms with van der Waals surface area (Å²) in [5, 5.41) is 7.14. The molecule has 9 nitrogen and oxygen atoms in total. The topological polar surface area (TPSA) is 129 Å². The lowest BCUT2D eigenvalue weighted by molar-refractivity contribution is 0.0502. The van der Waals surface area contributed by atoms with E-state index in [4.69, 9.17) is 22.1 Å². The first-order valence-electron chi connectivity index (χ1n) is 14.6. The number of amides is 1. The van der Waals surface area contributed by atoms with Gasteiger partial charge in [-0.1, -0.05) is 23.6 Å². The number of hydrogen-bond donors (Lipinski definition) is 2. The molecule has 0 bridgehead atoms. The lowest BCUT2D eigenvalue weighted by Gasteiger charge is -2.25. The Labute approximate surface area is 280 Å². The average molecular weight is 708 g/mol. The van der Waals surface area contributed by atoms with Gasteiger partial charge in [-0.25, -0.2) is 35.8 Å². The zero-order valence-corrected chi connectivity index (χ0v) is 28.5. The number of alkyl halides is 2. The number of ether oxygens (including phenoxy) is 1. The number of rotatable bonds is 8. The van der Waals surface area contributed by atoms with Crippen LogP contribution in [0.15, 0.2) is 42.5 Å². The van der Waals surface area contributed by atoms with E-state index in [9.17, 15) is 30.8 Å². The maximum atomic E-state index is 14.3. The zero-order chi connectivity index (χ0) is 35.8. The summed E-state index contributed by atoms with van der Waals surface area (Å²) in [6.07, 6.45) is -2.87. The van der Waals surface area contributed by atoms with Gasteiger partial charge in [0.05, 0.1) is 27.7 Å². The molecular formula is C33H34ClF4N5O4S. The monoisotopic (exact) mass is 707 g/mol. The summed E-state index contributed by atoms with van der Waals surface area (Å²) >= 11 is 6.44. The number of carbonyl (C=O) groups excluding carboxylic acids is 1. The first-order valence-corrected chi connectivity index (χ1v) is 16.8. The smallest absolute Gasteiger partial charge is 0.408 e. The second-order valence-corrected chi connectivity index (χ2v) is 15.6. The van der Waals surface area contributed by atoms with E-state index in [1.165, 1.54) is 26.0 Å². The Morgan fingerprint density at radius 3 is 2.27 bits per heavy atom. The molecule has 0 aliphatic rings. The number of alkyl carbamates (subject to hydrolysis) is 1. The van der Waals surface area contributed by atoms with E-state index >= 15 is 0 Å². The molecule has 3 N–H and O–H groups in total. The Morgan fingerprint density at radius 2 is 1.69 bits per heavy atom. The van der Waals surface area contributed by atoms with Gasteiger partial charge in [0.15, 0.2) is 15.7 Å². The van der Waals surface area contributed by atoms with Gasteiger partial charge in [0.1, 0.15) is 34.2 Å². The second kappa shape index (κ2) is 13.6. The fourth-order valence-corrected chi connectivity index (χ4v) is 5.25. The Kier molecular flexibility index (Phi) is 10.4. The van der Waals surface area contributed by atoms with E-state index in [2.05, 4.69) is 27.2 Å². The fraction of sp³-hybridized carbons (Fsp3) is 0.364. The normalized spacial score (nSPS) is 12.9. The van der Waals surface area contributed by atoms with E-state index in [0.29, 0.717) is 11.6 Å². The van der Waals surface area contributed by atoms with Gasteiger partial charge in [-0.2, -0.15) is 5.10 Å². The van der Waals surface area contributed by atoms with Crippen molar-refractivity contribution in [1.82, 2.24) is 20.1 Å². The third-order valence-electron chi connectivity index (χ3n) is 7.20. The molecule has 0 fully saturated rings. The standard InChI is InChI=1S/C33H34ClF4N5O4S/c1-32(2,3)47-31(44)41-25(15-18-13-19(35)16-20(36)14-18)28-22(8-7-21(40-28)11-12-33(4,5)48(6,45)46)23-9-10-24(34)27-29(23)43(17-26(37)38)42-30(27)39/h7-10,13-14,16,25-26H,15,17H2,1-6H3,(H2,39,42)(H,41,44)/t25-/m0/s1. The molecule has 1 amide bonds. The minimum atomic E-state index is -3.61. The van der Waals surface area contributed by atoms with Crippen LogP contribution in [0.3, 0.4) is 0 Å². The van der Waals surface area contributed by atoms with E-state index in [-0.39, 0.29) is 50.7 Å². The van der Waals surface area contributed by atoms with Crippen molar-refractivity contribution in [3.63, 3.8) is 0 Å². The van der Waals surface area contributed by atoms with Crippen LogP contribution in [0.1, 0.15) is 57.6 Å². The van der Waals surface area contributed by atoms with Crippen molar-refractivity contribution >= 4 is 44.3 Å². The molecule has 2 aromatic carbocycles. The van der Waals surface area contributed by atoms with E-state index < -0.39 is 56.9 Å². The summed E-state index contributed by atoms with van der Waals surface area (Å²) in [7, 11) is -3.61. The predicted molar refractivity (Wildman–Crippen MR) is 176 cm³/mol. The van der Waals surface area contributed by atoms with Gasteiger partial charge in [-0.05, 0) is 82.9 Å². The van der Waals surface area contributed by atoms with Crippen molar-refractivity contribution in [2.24, 2.45) is 0 Å². The first kappa shape index (κ1) is 36.5. The van der Waals surface area contributed by atoms with Crippen LogP contribution >= 0.6 is 11.6 Å². The number of benzene rings is 2. The molecule has 0 unspecified atom stereocenters. The molecule has 1 atom stereocenters. The molecule has 4 aromatic rings. The van der Waals surface area contributed by atoms with Crippen molar-refractivity contribution in [3.05, 3.63) is 76.1 Å². The fourth-order valence-electron chi connectivity index (χ4n) is 4.76. The van der Waals surface area contributed by atoms with E-state index in [0.717, 1.165) is 23.1 Å². The number of nitrogens with two attached hydrogens (primary N) is 1. The third-order valence-corrected chi connectivity index (χ3v) is 9.47. The molecule has 48 heavy (non-hydrogen) atoms. The highest BCUT2D eigenvalue weighted by Gasteiger charge is 2.29. The predicted octanol–water partition coefficient (Wildman–Crippen LogP) is 6.86. The maximum Gasteiger partial charge on any atom is 0.408 e. The van der Waals surface area contributed by atoms with Crippen LogP contribution in [-0.4, -0.2) is 52.3 Å². The number of fused-ring (bicyclic) bond motifs is 1. The van der Waals surface area contributed by atoms with E-state index in [1.807, 2.05) is 0 Å². The maximum absolute atomic E-state index is 14.3. The van der Waals surface area contributed by atoms with E-state index in [1.54, 1.807) is 32.9 Å². The summed E-state index contributed by atoms with van der Waals surface area (Å²) in [4.78, 5) is 17.9. The van der Waals surface area contributed by atoms with Gasteiger partial charge in [-0.15, -0.1) is 0 Å². The molecule has 2 aromatic heterocycles. The lowest BCUT2D eigenvalue weighted by Crippen LogP contribution is -2.36. The number of nitrogens with one attached hydrogen (secondary N) is 1.